The van der Waals surface area contributed by atoms with E-state index in [4.69, 9.17) is 0 Å². The summed E-state index contributed by atoms with van der Waals surface area (Å²) in [7, 11) is -3.69. The topological polar surface area (TPSA) is 71.8 Å². The Morgan fingerprint density at radius 1 is 1.36 bits per heavy atom. The Labute approximate surface area is 129 Å². The second kappa shape index (κ2) is 5.39. The smallest absolute Gasteiger partial charge is 0.329 e. The van der Waals surface area contributed by atoms with Crippen LogP contribution in [0.3, 0.4) is 0 Å². The van der Waals surface area contributed by atoms with E-state index in [1.165, 1.54) is 4.90 Å². The quantitative estimate of drug-likeness (QED) is 0.805. The summed E-state index contributed by atoms with van der Waals surface area (Å²) in [5, 5.41) is -0.783. The van der Waals surface area contributed by atoms with Crippen molar-refractivity contribution in [3.8, 4) is 0 Å². The van der Waals surface area contributed by atoms with E-state index in [0.717, 1.165) is 36.1 Å². The number of carbonyl (C=O) groups is 1. The Bertz CT molecular complexity index is 826. The maximum absolute atomic E-state index is 12.0. The molecule has 0 aromatic carbocycles. The molecular formula is C15H19N3O3S. The molecule has 2 aromatic rings. The van der Waals surface area contributed by atoms with Crippen LogP contribution in [0, 0.1) is 6.92 Å². The van der Waals surface area contributed by atoms with E-state index >= 15 is 0 Å². The molecule has 118 valence electrons. The first kappa shape index (κ1) is 15.0. The molecule has 3 rings (SSSR count). The molecule has 0 saturated carbocycles. The molecule has 1 saturated heterocycles. The molecule has 6 nitrogen and oxygen atoms in total. The molecule has 1 fully saturated rings. The maximum atomic E-state index is 12.0. The molecule has 1 amide bonds. The molecule has 1 unspecified atom stereocenters. The third-order valence-corrected chi connectivity index (χ3v) is 5.01. The lowest BCUT2D eigenvalue weighted by Crippen LogP contribution is -2.41. The second-order valence-electron chi connectivity index (χ2n) is 5.83. The molecule has 0 radical (unpaired) electrons. The van der Waals surface area contributed by atoms with Gasteiger partial charge in [0.05, 0.1) is 11.2 Å². The van der Waals surface area contributed by atoms with Crippen molar-refractivity contribution in [3.63, 3.8) is 0 Å². The maximum Gasteiger partial charge on any atom is 0.338 e. The van der Waals surface area contributed by atoms with Crippen LogP contribution in [0.2, 0.25) is 0 Å². The van der Waals surface area contributed by atoms with Gasteiger partial charge in [0.1, 0.15) is 5.82 Å². The molecule has 3 heterocycles. The van der Waals surface area contributed by atoms with Crippen LogP contribution in [-0.2, 0) is 9.84 Å². The molecule has 0 bridgehead atoms. The van der Waals surface area contributed by atoms with Crippen LogP contribution in [0.4, 0.5) is 4.79 Å². The molecule has 2 aromatic heterocycles. The largest absolute Gasteiger partial charge is 0.338 e. The number of amides is 1. The number of aromatic nitrogens is 2. The normalized spacial score (nSPS) is 19.5. The van der Waals surface area contributed by atoms with Gasteiger partial charge in [-0.15, -0.1) is 0 Å². The molecule has 1 atom stereocenters. The zero-order valence-electron chi connectivity index (χ0n) is 12.7. The summed E-state index contributed by atoms with van der Waals surface area (Å²) in [5.74, 6) is 0.960. The monoisotopic (exact) mass is 321 g/mol. The molecule has 0 spiro atoms. The van der Waals surface area contributed by atoms with Crippen LogP contribution in [-0.4, -0.2) is 47.3 Å². The first-order valence-corrected chi connectivity index (χ1v) is 9.19. The van der Waals surface area contributed by atoms with Gasteiger partial charge in [-0.1, -0.05) is 6.07 Å². The highest BCUT2D eigenvalue weighted by atomic mass is 32.2. The molecule has 7 heteroatoms. The fraction of sp³-hybridized carbons (Fsp3) is 0.467. The van der Waals surface area contributed by atoms with E-state index in [9.17, 15) is 13.2 Å². The predicted octanol–water partition coefficient (Wildman–Crippen LogP) is 1.99. The zero-order chi connectivity index (χ0) is 15.9. The average molecular weight is 321 g/mol. The van der Waals surface area contributed by atoms with E-state index < -0.39 is 15.1 Å². The highest BCUT2D eigenvalue weighted by Gasteiger charge is 2.31. The fourth-order valence-electron chi connectivity index (χ4n) is 3.10. The van der Waals surface area contributed by atoms with Crippen molar-refractivity contribution in [2.75, 3.05) is 19.3 Å². The van der Waals surface area contributed by atoms with Gasteiger partial charge in [0, 0.05) is 31.5 Å². The summed E-state index contributed by atoms with van der Waals surface area (Å²) in [4.78, 5) is 18.1. The standard InChI is InChI=1S/C15H19N3O3S/c1-11-13-7-3-4-9-18(13)14(16-11)12-6-5-8-17(10-12)15(19)22(2,20)21/h3-4,7,9,12H,5-6,8,10H2,1-2H3. The van der Waals surface area contributed by atoms with E-state index in [1.807, 2.05) is 35.7 Å². The summed E-state index contributed by atoms with van der Waals surface area (Å²) in [6.07, 6.45) is 4.61. The number of carbonyl (C=O) groups excluding carboxylic acids is 1. The summed E-state index contributed by atoms with van der Waals surface area (Å²) in [6.45, 7) is 2.85. The van der Waals surface area contributed by atoms with Crippen molar-refractivity contribution in [1.29, 1.82) is 0 Å². The molecular weight excluding hydrogens is 302 g/mol. The Balaban J connectivity index is 1.93. The second-order valence-corrected chi connectivity index (χ2v) is 7.73. The van der Waals surface area contributed by atoms with Crippen LogP contribution < -0.4 is 0 Å². The third kappa shape index (κ3) is 2.61. The summed E-state index contributed by atoms with van der Waals surface area (Å²) < 4.78 is 25.0. The van der Waals surface area contributed by atoms with E-state index in [-0.39, 0.29) is 5.92 Å². The van der Waals surface area contributed by atoms with E-state index in [1.54, 1.807) is 0 Å². The number of nitrogens with zero attached hydrogens (tertiary/aromatic N) is 3. The van der Waals surface area contributed by atoms with Gasteiger partial charge in [-0.3, -0.25) is 4.79 Å². The van der Waals surface area contributed by atoms with Gasteiger partial charge in [0.2, 0.25) is 9.84 Å². The van der Waals surface area contributed by atoms with Gasteiger partial charge in [-0.25, -0.2) is 13.4 Å². The highest BCUT2D eigenvalue weighted by Crippen LogP contribution is 2.28. The molecule has 1 aliphatic heterocycles. The highest BCUT2D eigenvalue weighted by molar-refractivity contribution is 8.05. The minimum atomic E-state index is -3.69. The van der Waals surface area contributed by atoms with Crippen LogP contribution in [0.15, 0.2) is 24.4 Å². The first-order chi connectivity index (χ1) is 10.4. The van der Waals surface area contributed by atoms with Crippen molar-refractivity contribution in [3.05, 3.63) is 35.9 Å². The average Bonchev–Trinajstić information content (AvgIpc) is 2.83. The number of likely N-dealkylation sites (tertiary alicyclic amines) is 1. The Kier molecular flexibility index (Phi) is 3.68. The lowest BCUT2D eigenvalue weighted by Gasteiger charge is -2.31. The summed E-state index contributed by atoms with van der Waals surface area (Å²) >= 11 is 0. The molecule has 0 aliphatic carbocycles. The number of pyridine rings is 1. The van der Waals surface area contributed by atoms with Crippen molar-refractivity contribution in [2.24, 2.45) is 0 Å². The van der Waals surface area contributed by atoms with Crippen LogP contribution in [0.5, 0.6) is 0 Å². The zero-order valence-corrected chi connectivity index (χ0v) is 13.5. The van der Waals surface area contributed by atoms with Crippen molar-refractivity contribution in [1.82, 2.24) is 14.3 Å². The predicted molar refractivity (Wildman–Crippen MR) is 83.7 cm³/mol. The van der Waals surface area contributed by atoms with Crippen LogP contribution in [0.1, 0.15) is 30.3 Å². The fourth-order valence-corrected chi connectivity index (χ4v) is 3.73. The Morgan fingerprint density at radius 3 is 2.86 bits per heavy atom. The number of fused-ring (bicyclic) bond motifs is 1. The Hall–Kier alpha value is -1.89. The van der Waals surface area contributed by atoms with Gasteiger partial charge in [0.25, 0.3) is 0 Å². The van der Waals surface area contributed by atoms with Gasteiger partial charge in [-0.05, 0) is 31.9 Å². The number of rotatable bonds is 1. The lowest BCUT2D eigenvalue weighted by atomic mass is 9.97. The summed E-state index contributed by atoms with van der Waals surface area (Å²) in [5.41, 5.74) is 1.99. The van der Waals surface area contributed by atoms with Gasteiger partial charge >= 0.3 is 5.24 Å². The number of hydrogen-bond donors (Lipinski definition) is 0. The number of aryl methyl sites for hydroxylation is 1. The van der Waals surface area contributed by atoms with Crippen molar-refractivity contribution >= 4 is 20.6 Å². The van der Waals surface area contributed by atoms with Gasteiger partial charge in [-0.2, -0.15) is 0 Å². The van der Waals surface area contributed by atoms with Gasteiger partial charge < -0.3 is 9.30 Å². The van der Waals surface area contributed by atoms with E-state index in [0.29, 0.717) is 13.1 Å². The summed E-state index contributed by atoms with van der Waals surface area (Å²) in [6, 6.07) is 5.92. The minimum absolute atomic E-state index is 0.0584. The first-order valence-electron chi connectivity index (χ1n) is 7.30. The van der Waals surface area contributed by atoms with E-state index in [2.05, 4.69) is 4.98 Å². The molecule has 22 heavy (non-hydrogen) atoms. The lowest BCUT2D eigenvalue weighted by molar-refractivity contribution is 0.200. The van der Waals surface area contributed by atoms with Gasteiger partial charge in [0.15, 0.2) is 0 Å². The number of piperidine rings is 1. The Morgan fingerprint density at radius 2 is 2.14 bits per heavy atom. The number of sulfone groups is 1. The van der Waals surface area contributed by atoms with Crippen LogP contribution >= 0.6 is 0 Å². The number of hydrogen-bond acceptors (Lipinski definition) is 4. The number of imidazole rings is 1. The minimum Gasteiger partial charge on any atom is -0.329 e. The molecule has 1 aliphatic rings. The molecule has 0 N–H and O–H groups in total. The third-order valence-electron chi connectivity index (χ3n) is 4.12. The van der Waals surface area contributed by atoms with Crippen molar-refractivity contribution in [2.45, 2.75) is 25.7 Å². The van der Waals surface area contributed by atoms with Crippen LogP contribution in [0.25, 0.3) is 5.52 Å². The SMILES string of the molecule is Cc1nc(C2CCCN(C(=O)S(C)(=O)=O)C2)n2ccccc12. The van der Waals surface area contributed by atoms with Crippen molar-refractivity contribution < 1.29 is 13.2 Å².